The van der Waals surface area contributed by atoms with Gasteiger partial charge in [-0.3, -0.25) is 0 Å². The third kappa shape index (κ3) is 5.55. The fourth-order valence-electron chi connectivity index (χ4n) is 4.70. The number of nitrogens with two attached hydrogens (primary N) is 2. The zero-order valence-corrected chi connectivity index (χ0v) is 21.2. The maximum atomic E-state index is 13.3. The van der Waals surface area contributed by atoms with E-state index in [-0.39, 0.29) is 23.9 Å². The number of amides is 3. The number of urea groups is 1. The first kappa shape index (κ1) is 25.3. The first-order chi connectivity index (χ1) is 17.0. The predicted molar refractivity (Wildman–Crippen MR) is 136 cm³/mol. The van der Waals surface area contributed by atoms with Gasteiger partial charge in [-0.25, -0.2) is 9.59 Å². The number of phenolic OH excluding ortho intramolecular Hbond substituents is 1. The molecule has 2 saturated heterocycles. The van der Waals surface area contributed by atoms with Crippen molar-refractivity contribution in [2.24, 2.45) is 11.5 Å². The van der Waals surface area contributed by atoms with Gasteiger partial charge in [0.05, 0.1) is 11.7 Å². The van der Waals surface area contributed by atoms with Crippen molar-refractivity contribution >= 4 is 17.8 Å². The van der Waals surface area contributed by atoms with Crippen LogP contribution in [0.3, 0.4) is 0 Å². The second-order valence-corrected chi connectivity index (χ2v) is 10.3. The highest BCUT2D eigenvalue weighted by Crippen LogP contribution is 2.27. The van der Waals surface area contributed by atoms with Crippen LogP contribution in [0.5, 0.6) is 5.75 Å². The van der Waals surface area contributed by atoms with Crippen LogP contribution in [-0.2, 0) is 4.74 Å². The lowest BCUT2D eigenvalue weighted by molar-refractivity contribution is 0.0145. The highest BCUT2D eigenvalue weighted by molar-refractivity contribution is 5.76. The molecule has 11 nitrogen and oxygen atoms in total. The summed E-state index contributed by atoms with van der Waals surface area (Å²) < 4.78 is 5.45. The number of benzene rings is 1. The predicted octanol–water partition coefficient (Wildman–Crippen LogP) is 1.08. The number of ether oxygens (including phenoxy) is 1. The third-order valence-corrected chi connectivity index (χ3v) is 6.58. The number of allylic oxidation sites excluding steroid dienone is 1. The van der Waals surface area contributed by atoms with Crippen molar-refractivity contribution in [2.75, 3.05) is 52.4 Å². The standard InChI is InChI=1S/C25H37N7O4/c1-25(2,3)36-24(35)30-10-8-29(9-11-30)23(34)31-12-13-32-17(16-31)15-28-22(27)20(32)14-19(26)18-6-4-5-7-21(18)33/h4-7,14,17,28,33H,8-13,15-16,26-27H2,1-3H3/b19-14-. The molecule has 196 valence electrons. The monoisotopic (exact) mass is 499 g/mol. The molecule has 1 aromatic rings. The van der Waals surface area contributed by atoms with Crippen molar-refractivity contribution in [3.05, 3.63) is 47.4 Å². The summed E-state index contributed by atoms with van der Waals surface area (Å²) in [4.78, 5) is 33.1. The molecule has 3 aliphatic heterocycles. The number of hydrogen-bond donors (Lipinski definition) is 4. The van der Waals surface area contributed by atoms with E-state index >= 15 is 0 Å². The Balaban J connectivity index is 1.37. The molecule has 6 N–H and O–H groups in total. The molecule has 36 heavy (non-hydrogen) atoms. The lowest BCUT2D eigenvalue weighted by Gasteiger charge is -2.47. The molecular formula is C25H37N7O4. The molecule has 3 aliphatic rings. The molecule has 0 aliphatic carbocycles. The summed E-state index contributed by atoms with van der Waals surface area (Å²) in [6, 6.07) is 6.91. The molecule has 1 atom stereocenters. The second-order valence-electron chi connectivity index (χ2n) is 10.3. The number of phenols is 1. The summed E-state index contributed by atoms with van der Waals surface area (Å²) in [5, 5.41) is 13.4. The minimum atomic E-state index is -0.546. The van der Waals surface area contributed by atoms with E-state index in [1.807, 2.05) is 31.7 Å². The molecule has 0 aromatic heterocycles. The topological polar surface area (TPSA) is 141 Å². The van der Waals surface area contributed by atoms with E-state index in [0.29, 0.717) is 69.4 Å². The van der Waals surface area contributed by atoms with Gasteiger partial charge in [0.2, 0.25) is 0 Å². The van der Waals surface area contributed by atoms with Gasteiger partial charge >= 0.3 is 12.1 Å². The Morgan fingerprint density at radius 1 is 1.06 bits per heavy atom. The van der Waals surface area contributed by atoms with Crippen LogP contribution in [0.4, 0.5) is 9.59 Å². The Bertz CT molecular complexity index is 1060. The fraction of sp³-hybridized carbons (Fsp3) is 0.520. The van der Waals surface area contributed by atoms with Gasteiger partial charge in [0.25, 0.3) is 0 Å². The van der Waals surface area contributed by atoms with Gasteiger partial charge in [-0.15, -0.1) is 0 Å². The fourth-order valence-corrected chi connectivity index (χ4v) is 4.70. The van der Waals surface area contributed by atoms with Crippen molar-refractivity contribution in [3.8, 4) is 5.75 Å². The number of nitrogens with zero attached hydrogens (tertiary/aromatic N) is 4. The molecule has 4 rings (SSSR count). The number of hydrogen-bond acceptors (Lipinski definition) is 8. The molecular weight excluding hydrogens is 462 g/mol. The maximum absolute atomic E-state index is 13.3. The molecule has 11 heteroatoms. The highest BCUT2D eigenvalue weighted by Gasteiger charge is 2.36. The van der Waals surface area contributed by atoms with Crippen LogP contribution >= 0.6 is 0 Å². The number of aromatic hydroxyl groups is 1. The zero-order chi connectivity index (χ0) is 26.0. The van der Waals surface area contributed by atoms with Crippen molar-refractivity contribution in [1.29, 1.82) is 0 Å². The van der Waals surface area contributed by atoms with Gasteiger partial charge in [0.15, 0.2) is 0 Å². The number of nitrogens with one attached hydrogen (secondary N) is 1. The summed E-state index contributed by atoms with van der Waals surface area (Å²) in [7, 11) is 0. The molecule has 0 saturated carbocycles. The molecule has 3 amide bonds. The van der Waals surface area contributed by atoms with Crippen LogP contribution in [0.25, 0.3) is 5.70 Å². The number of fused-ring (bicyclic) bond motifs is 1. The van der Waals surface area contributed by atoms with Crippen molar-refractivity contribution in [3.63, 3.8) is 0 Å². The summed E-state index contributed by atoms with van der Waals surface area (Å²) in [6.45, 7) is 9.67. The third-order valence-electron chi connectivity index (χ3n) is 6.58. The van der Waals surface area contributed by atoms with Crippen molar-refractivity contribution in [2.45, 2.75) is 32.4 Å². The van der Waals surface area contributed by atoms with Gasteiger partial charge in [0.1, 0.15) is 17.2 Å². The smallest absolute Gasteiger partial charge is 0.410 e. The Kier molecular flexibility index (Phi) is 7.09. The van der Waals surface area contributed by atoms with E-state index in [2.05, 4.69) is 10.2 Å². The Morgan fingerprint density at radius 2 is 1.69 bits per heavy atom. The number of piperazine rings is 2. The van der Waals surface area contributed by atoms with E-state index in [4.69, 9.17) is 16.2 Å². The number of carbonyl (C=O) groups excluding carboxylic acids is 2. The minimum Gasteiger partial charge on any atom is -0.507 e. The van der Waals surface area contributed by atoms with Gasteiger partial charge in [0, 0.05) is 63.6 Å². The summed E-state index contributed by atoms with van der Waals surface area (Å²) in [5.74, 6) is 0.621. The van der Waals surface area contributed by atoms with Gasteiger partial charge in [-0.2, -0.15) is 0 Å². The van der Waals surface area contributed by atoms with Gasteiger partial charge in [-0.05, 0) is 39.0 Å². The van der Waals surface area contributed by atoms with E-state index < -0.39 is 5.60 Å². The quantitative estimate of drug-likeness (QED) is 0.474. The molecule has 1 aromatic carbocycles. The van der Waals surface area contributed by atoms with Gasteiger partial charge in [-0.1, -0.05) is 12.1 Å². The number of carbonyl (C=O) groups is 2. The average molecular weight is 500 g/mol. The van der Waals surface area contributed by atoms with Crippen LogP contribution in [-0.4, -0.2) is 101 Å². The Hall–Kier alpha value is -3.76. The summed E-state index contributed by atoms with van der Waals surface area (Å²) >= 11 is 0. The number of rotatable bonds is 2. The minimum absolute atomic E-state index is 0.0215. The van der Waals surface area contributed by atoms with Crippen LogP contribution in [0.1, 0.15) is 26.3 Å². The first-order valence-electron chi connectivity index (χ1n) is 12.3. The second kappa shape index (κ2) is 10.1. The molecule has 0 spiro atoms. The molecule has 0 bridgehead atoms. The highest BCUT2D eigenvalue weighted by atomic mass is 16.6. The Labute approximate surface area is 211 Å². The molecule has 0 radical (unpaired) electrons. The SMILES string of the molecule is CC(C)(C)OC(=O)N1CCN(C(=O)N2CCN3C(/C=C(\N)c4ccccc4O)=C(N)NCC3C2)CC1. The van der Waals surface area contributed by atoms with Crippen LogP contribution in [0.15, 0.2) is 41.9 Å². The largest absolute Gasteiger partial charge is 0.507 e. The van der Waals surface area contributed by atoms with E-state index in [9.17, 15) is 14.7 Å². The van der Waals surface area contributed by atoms with Crippen molar-refractivity contribution in [1.82, 2.24) is 24.9 Å². The summed E-state index contributed by atoms with van der Waals surface area (Å²) in [5.41, 5.74) is 13.7. The molecule has 3 heterocycles. The average Bonchev–Trinajstić information content (AvgIpc) is 2.84. The van der Waals surface area contributed by atoms with E-state index in [1.54, 1.807) is 34.1 Å². The van der Waals surface area contributed by atoms with E-state index in [1.165, 1.54) is 0 Å². The molecule has 1 unspecified atom stereocenters. The van der Waals surface area contributed by atoms with E-state index in [0.717, 1.165) is 5.70 Å². The van der Waals surface area contributed by atoms with Gasteiger partial charge < -0.3 is 46.2 Å². The normalized spacial score (nSPS) is 21.2. The Morgan fingerprint density at radius 3 is 2.36 bits per heavy atom. The maximum Gasteiger partial charge on any atom is 0.410 e. The molecule has 2 fully saturated rings. The lowest BCUT2D eigenvalue weighted by atomic mass is 10.1. The van der Waals surface area contributed by atoms with Crippen LogP contribution < -0.4 is 16.8 Å². The van der Waals surface area contributed by atoms with Crippen LogP contribution in [0, 0.1) is 0 Å². The van der Waals surface area contributed by atoms with Crippen LogP contribution in [0.2, 0.25) is 0 Å². The zero-order valence-electron chi connectivity index (χ0n) is 21.2. The lowest BCUT2D eigenvalue weighted by Crippen LogP contribution is -2.63. The summed E-state index contributed by atoms with van der Waals surface area (Å²) in [6.07, 6.45) is 1.43. The van der Waals surface area contributed by atoms with Crippen molar-refractivity contribution < 1.29 is 19.4 Å². The first-order valence-corrected chi connectivity index (χ1v) is 12.3. The number of para-hydroxylation sites is 1.